The van der Waals surface area contributed by atoms with Crippen LogP contribution in [0.2, 0.25) is 0 Å². The number of methoxy groups -OCH3 is 4. The number of nitrogens with zero attached hydrogens (tertiary/aromatic N) is 4. The molecule has 52 heavy (non-hydrogen) atoms. The number of aldehydes is 2. The summed E-state index contributed by atoms with van der Waals surface area (Å²) in [6, 6.07) is 25.9. The van der Waals surface area contributed by atoms with Crippen LogP contribution in [-0.4, -0.2) is 60.9 Å². The van der Waals surface area contributed by atoms with Gasteiger partial charge in [0, 0.05) is 46.8 Å². The highest BCUT2D eigenvalue weighted by molar-refractivity contribution is 5.80. The molecule has 0 saturated carbocycles. The van der Waals surface area contributed by atoms with Gasteiger partial charge < -0.3 is 28.4 Å². The van der Waals surface area contributed by atoms with Gasteiger partial charge >= 0.3 is 0 Å². The maximum absolute atomic E-state index is 11.3. The monoisotopic (exact) mass is 700 g/mol. The Labute approximate surface area is 301 Å². The van der Waals surface area contributed by atoms with Gasteiger partial charge in [-0.15, -0.1) is 0 Å². The van der Waals surface area contributed by atoms with Crippen molar-refractivity contribution in [2.75, 3.05) is 28.4 Å². The zero-order valence-electron chi connectivity index (χ0n) is 29.0. The molecule has 264 valence electrons. The Balaban J connectivity index is 0.000000201. The van der Waals surface area contributed by atoms with Crippen LogP contribution >= 0.6 is 0 Å². The van der Waals surface area contributed by atoms with Gasteiger partial charge in [0.1, 0.15) is 36.2 Å². The Morgan fingerprint density at radius 3 is 1.67 bits per heavy atom. The first-order chi connectivity index (χ1) is 25.5. The molecule has 0 aliphatic heterocycles. The summed E-state index contributed by atoms with van der Waals surface area (Å²) in [6.45, 7) is 0.477. The fourth-order valence-corrected chi connectivity index (χ4v) is 5.06. The lowest BCUT2D eigenvalue weighted by Crippen LogP contribution is -2.03. The quantitative estimate of drug-likeness (QED) is 0.107. The minimum absolute atomic E-state index is 0.232. The van der Waals surface area contributed by atoms with Crippen LogP contribution in [0, 0.1) is 0 Å². The Bertz CT molecular complexity index is 2120. The molecule has 0 bridgehead atoms. The van der Waals surface area contributed by atoms with E-state index in [-0.39, 0.29) is 13.2 Å². The van der Waals surface area contributed by atoms with Crippen LogP contribution in [-0.2, 0) is 13.2 Å². The summed E-state index contributed by atoms with van der Waals surface area (Å²) in [4.78, 5) is 39.7. The molecule has 0 aliphatic carbocycles. The van der Waals surface area contributed by atoms with Crippen LogP contribution in [0.5, 0.6) is 34.8 Å². The highest BCUT2D eigenvalue weighted by Crippen LogP contribution is 2.32. The number of hydrogen-bond acceptors (Lipinski definition) is 12. The van der Waals surface area contributed by atoms with Crippen LogP contribution in [0.4, 0.5) is 0 Å². The van der Waals surface area contributed by atoms with Gasteiger partial charge in [0.25, 0.3) is 0 Å². The van der Waals surface area contributed by atoms with Crippen molar-refractivity contribution in [3.8, 4) is 57.3 Å². The number of hydrogen-bond donors (Lipinski definition) is 0. The van der Waals surface area contributed by atoms with Crippen LogP contribution in [0.15, 0.2) is 110 Å². The van der Waals surface area contributed by atoms with Crippen molar-refractivity contribution in [3.05, 3.63) is 132 Å². The lowest BCUT2D eigenvalue weighted by atomic mass is 10.1. The van der Waals surface area contributed by atoms with Gasteiger partial charge in [-0.25, -0.2) is 9.97 Å². The molecule has 0 spiro atoms. The lowest BCUT2D eigenvalue weighted by molar-refractivity contribution is 0.111. The third-order valence-electron chi connectivity index (χ3n) is 7.67. The van der Waals surface area contributed by atoms with Gasteiger partial charge in [0.15, 0.2) is 12.6 Å². The molecule has 0 N–H and O–H groups in total. The van der Waals surface area contributed by atoms with E-state index in [1.54, 1.807) is 26.6 Å². The van der Waals surface area contributed by atoms with Crippen molar-refractivity contribution < 1.29 is 38.0 Å². The Morgan fingerprint density at radius 2 is 1.12 bits per heavy atom. The van der Waals surface area contributed by atoms with Crippen molar-refractivity contribution in [1.29, 1.82) is 0 Å². The smallest absolute Gasteiger partial charge is 0.213 e. The van der Waals surface area contributed by atoms with Crippen molar-refractivity contribution in [2.24, 2.45) is 0 Å². The Hall–Kier alpha value is -6.82. The molecule has 0 saturated heterocycles. The van der Waals surface area contributed by atoms with Gasteiger partial charge in [-0.05, 0) is 36.4 Å². The van der Waals surface area contributed by atoms with Crippen molar-refractivity contribution in [2.45, 2.75) is 13.2 Å². The number of carbonyl (C=O) groups excluding carboxylic acids is 2. The third-order valence-corrected chi connectivity index (χ3v) is 7.67. The zero-order chi connectivity index (χ0) is 36.7. The van der Waals surface area contributed by atoms with Gasteiger partial charge in [-0.2, -0.15) is 0 Å². The minimum Gasteiger partial charge on any atom is -0.497 e. The largest absolute Gasteiger partial charge is 0.497 e. The first-order valence-corrected chi connectivity index (χ1v) is 15.9. The number of rotatable bonds is 14. The van der Waals surface area contributed by atoms with Gasteiger partial charge in [-0.3, -0.25) is 19.6 Å². The molecule has 0 unspecified atom stereocenters. The molecule has 0 radical (unpaired) electrons. The van der Waals surface area contributed by atoms with E-state index in [0.717, 1.165) is 45.1 Å². The zero-order valence-corrected chi connectivity index (χ0v) is 29.0. The van der Waals surface area contributed by atoms with Crippen LogP contribution in [0.3, 0.4) is 0 Å². The first-order valence-electron chi connectivity index (χ1n) is 15.9. The number of aromatic nitrogens is 4. The molecule has 12 heteroatoms. The second kappa shape index (κ2) is 18.3. The average molecular weight is 701 g/mol. The number of benzene rings is 2. The van der Waals surface area contributed by atoms with Gasteiger partial charge in [0.2, 0.25) is 11.8 Å². The molecular formula is C40H36N4O8. The molecule has 4 heterocycles. The summed E-state index contributed by atoms with van der Waals surface area (Å²) in [6.07, 6.45) is 7.82. The second-order valence-electron chi connectivity index (χ2n) is 10.8. The second-order valence-corrected chi connectivity index (χ2v) is 10.8. The highest BCUT2D eigenvalue weighted by atomic mass is 16.5. The fraction of sp³-hybridized carbons (Fsp3) is 0.150. The van der Waals surface area contributed by atoms with E-state index < -0.39 is 0 Å². The van der Waals surface area contributed by atoms with Crippen LogP contribution < -0.4 is 28.4 Å². The van der Waals surface area contributed by atoms with E-state index in [1.165, 1.54) is 38.7 Å². The third kappa shape index (κ3) is 9.04. The normalized spacial score (nSPS) is 10.2. The van der Waals surface area contributed by atoms with E-state index in [4.69, 9.17) is 28.4 Å². The molecule has 6 rings (SSSR count). The predicted molar refractivity (Wildman–Crippen MR) is 193 cm³/mol. The van der Waals surface area contributed by atoms with Crippen molar-refractivity contribution in [1.82, 2.24) is 19.9 Å². The molecule has 4 aromatic heterocycles. The molecule has 2 aromatic carbocycles. The molecule has 0 aliphatic rings. The molecule has 0 atom stereocenters. The SMILES string of the molecule is COc1cc(C=O)c(OCc2cccnc2-c2ccccc2OC)cn1.COc1cccc(-c2ncccc2COc2cnc(OC)cc2C=O)c1. The minimum atomic E-state index is 0.232. The summed E-state index contributed by atoms with van der Waals surface area (Å²) in [5.74, 6) is 2.97. The summed E-state index contributed by atoms with van der Waals surface area (Å²) in [5, 5.41) is 0. The highest BCUT2D eigenvalue weighted by Gasteiger charge is 2.14. The standard InChI is InChI=1S/2C20H18N2O4/c1-24-17-7-3-5-14(9-17)20-15(6-4-8-21-20)13-26-18-11-22-19(25-2)10-16(18)12-23;1-24-17-8-4-3-7-16(17)20-14(6-5-9-21-20)13-26-18-11-22-19(25-2)10-15(18)12-23/h2*3-12H,13H2,1-2H3. The topological polar surface area (TPSA) is 141 Å². The number of carbonyl (C=O) groups is 2. The predicted octanol–water partition coefficient (Wildman–Crippen LogP) is 7.10. The van der Waals surface area contributed by atoms with Crippen LogP contribution in [0.25, 0.3) is 22.5 Å². The molecule has 12 nitrogen and oxygen atoms in total. The van der Waals surface area contributed by atoms with Crippen molar-refractivity contribution >= 4 is 12.6 Å². The number of para-hydroxylation sites is 1. The summed E-state index contributed by atoms with van der Waals surface area (Å²) in [7, 11) is 6.23. The molecular weight excluding hydrogens is 664 g/mol. The fourth-order valence-electron chi connectivity index (χ4n) is 5.06. The van der Waals surface area contributed by atoms with E-state index in [1.807, 2.05) is 72.8 Å². The van der Waals surface area contributed by atoms with E-state index in [9.17, 15) is 9.59 Å². The first kappa shape index (κ1) is 36.5. The molecule has 0 fully saturated rings. The number of ether oxygens (including phenoxy) is 6. The number of pyridine rings is 4. The maximum Gasteiger partial charge on any atom is 0.213 e. The summed E-state index contributed by atoms with van der Waals surface area (Å²) < 4.78 is 32.4. The van der Waals surface area contributed by atoms with Gasteiger partial charge in [0.05, 0.1) is 63.3 Å². The molecule has 6 aromatic rings. The average Bonchev–Trinajstić information content (AvgIpc) is 3.22. The Morgan fingerprint density at radius 1 is 0.538 bits per heavy atom. The van der Waals surface area contributed by atoms with E-state index in [0.29, 0.717) is 47.0 Å². The summed E-state index contributed by atoms with van der Waals surface area (Å²) >= 11 is 0. The van der Waals surface area contributed by atoms with Crippen molar-refractivity contribution in [3.63, 3.8) is 0 Å². The van der Waals surface area contributed by atoms with E-state index >= 15 is 0 Å². The maximum atomic E-state index is 11.3. The van der Waals surface area contributed by atoms with E-state index in [2.05, 4.69) is 19.9 Å². The Kier molecular flexibility index (Phi) is 12.8. The van der Waals surface area contributed by atoms with Crippen LogP contribution in [0.1, 0.15) is 31.8 Å². The lowest BCUT2D eigenvalue weighted by Gasteiger charge is -2.13. The van der Waals surface area contributed by atoms with Gasteiger partial charge in [-0.1, -0.05) is 36.4 Å². The molecule has 0 amide bonds. The summed E-state index contributed by atoms with van der Waals surface area (Å²) in [5.41, 5.74) is 5.85.